The Morgan fingerprint density at radius 1 is 1.41 bits per heavy atom. The number of methoxy groups -OCH3 is 1. The molecule has 5 nitrogen and oxygen atoms in total. The quantitative estimate of drug-likeness (QED) is 0.735. The topological polar surface area (TPSA) is 66.8 Å². The highest BCUT2D eigenvalue weighted by molar-refractivity contribution is 5.86. The molecule has 5 heteroatoms. The van der Waals surface area contributed by atoms with E-state index < -0.39 is 11.5 Å². The first-order valence-electron chi connectivity index (χ1n) is 5.80. The summed E-state index contributed by atoms with van der Waals surface area (Å²) in [5.41, 5.74) is -1.17. The molecule has 17 heavy (non-hydrogen) atoms. The summed E-state index contributed by atoms with van der Waals surface area (Å²) >= 11 is 0. The van der Waals surface area contributed by atoms with Crippen molar-refractivity contribution < 1.29 is 19.4 Å². The van der Waals surface area contributed by atoms with Crippen LogP contribution in [0.5, 0.6) is 0 Å². The average Bonchev–Trinajstić information content (AvgIpc) is 2.17. The van der Waals surface area contributed by atoms with Gasteiger partial charge in [-0.2, -0.15) is 0 Å². The van der Waals surface area contributed by atoms with Gasteiger partial charge in [0.1, 0.15) is 5.54 Å². The van der Waals surface area contributed by atoms with E-state index in [2.05, 4.69) is 0 Å². The molecule has 0 aliphatic heterocycles. The Labute approximate surface area is 103 Å². The molecule has 1 atom stereocenters. The van der Waals surface area contributed by atoms with Crippen LogP contribution >= 0.6 is 0 Å². The zero-order valence-corrected chi connectivity index (χ0v) is 11.3. The number of aliphatic carboxylic acids is 1. The van der Waals surface area contributed by atoms with Gasteiger partial charge in [-0.15, -0.1) is 0 Å². The smallest absolute Gasteiger partial charge is 0.329 e. The van der Waals surface area contributed by atoms with Crippen LogP contribution in [0.25, 0.3) is 0 Å². The van der Waals surface area contributed by atoms with Gasteiger partial charge in [-0.1, -0.05) is 6.92 Å². The number of ether oxygens (including phenoxy) is 1. The summed E-state index contributed by atoms with van der Waals surface area (Å²) < 4.78 is 4.96. The number of carboxylic acid groups (broad SMARTS) is 1. The average molecular weight is 245 g/mol. The van der Waals surface area contributed by atoms with E-state index in [1.54, 1.807) is 14.0 Å². The van der Waals surface area contributed by atoms with E-state index in [1.807, 2.05) is 6.92 Å². The third-order valence-electron chi connectivity index (χ3n) is 2.79. The molecule has 0 saturated heterocycles. The van der Waals surface area contributed by atoms with E-state index in [4.69, 9.17) is 9.84 Å². The molecule has 1 amide bonds. The third-order valence-corrected chi connectivity index (χ3v) is 2.79. The second-order valence-corrected chi connectivity index (χ2v) is 4.77. The molecule has 0 bridgehead atoms. The monoisotopic (exact) mass is 245 g/mol. The van der Waals surface area contributed by atoms with Crippen LogP contribution in [0, 0.1) is 5.92 Å². The first kappa shape index (κ1) is 15.9. The largest absolute Gasteiger partial charge is 0.480 e. The van der Waals surface area contributed by atoms with Crippen molar-refractivity contribution in [3.05, 3.63) is 0 Å². The van der Waals surface area contributed by atoms with Crippen molar-refractivity contribution >= 4 is 11.9 Å². The Bertz CT molecular complexity index is 276. The molecule has 0 aliphatic carbocycles. The highest BCUT2D eigenvalue weighted by atomic mass is 16.5. The number of likely N-dealkylation sites (N-methyl/N-ethyl adjacent to an activating group) is 1. The summed E-state index contributed by atoms with van der Waals surface area (Å²) in [6.45, 7) is 7.65. The van der Waals surface area contributed by atoms with Crippen molar-refractivity contribution in [1.29, 1.82) is 0 Å². The summed E-state index contributed by atoms with van der Waals surface area (Å²) in [6, 6.07) is 0. The molecule has 0 saturated carbocycles. The molecule has 0 aromatic rings. The molecule has 0 aliphatic rings. The maximum atomic E-state index is 12.0. The maximum absolute atomic E-state index is 12.0. The Balaban J connectivity index is 4.67. The standard InChI is InChI=1S/C12H23NO4/c1-6-13(12(3,4)11(15)16)10(14)7-9(2)8-17-5/h9H,6-8H2,1-5H3,(H,15,16). The van der Waals surface area contributed by atoms with E-state index in [0.717, 1.165) is 0 Å². The second-order valence-electron chi connectivity index (χ2n) is 4.77. The highest BCUT2D eigenvalue weighted by Crippen LogP contribution is 2.17. The molecule has 100 valence electrons. The molecule has 0 heterocycles. The van der Waals surface area contributed by atoms with Crippen LogP contribution in [0.1, 0.15) is 34.1 Å². The minimum atomic E-state index is -1.17. The lowest BCUT2D eigenvalue weighted by molar-refractivity contribution is -0.157. The van der Waals surface area contributed by atoms with Gasteiger partial charge >= 0.3 is 5.97 Å². The van der Waals surface area contributed by atoms with Crippen molar-refractivity contribution in [3.63, 3.8) is 0 Å². The van der Waals surface area contributed by atoms with Gasteiger partial charge in [-0.25, -0.2) is 4.79 Å². The van der Waals surface area contributed by atoms with Crippen molar-refractivity contribution in [1.82, 2.24) is 4.90 Å². The van der Waals surface area contributed by atoms with Crippen LogP contribution in [-0.4, -0.2) is 47.7 Å². The fraction of sp³-hybridized carbons (Fsp3) is 0.833. The van der Waals surface area contributed by atoms with E-state index in [1.165, 1.54) is 18.7 Å². The number of rotatable bonds is 7. The molecule has 0 rings (SSSR count). The molecule has 0 aromatic carbocycles. The van der Waals surface area contributed by atoms with Crippen LogP contribution in [-0.2, 0) is 14.3 Å². The summed E-state index contributed by atoms with van der Waals surface area (Å²) in [6.07, 6.45) is 0.304. The maximum Gasteiger partial charge on any atom is 0.329 e. The van der Waals surface area contributed by atoms with Gasteiger partial charge in [0.2, 0.25) is 5.91 Å². The second kappa shape index (κ2) is 6.59. The minimum absolute atomic E-state index is 0.0890. The molecule has 0 spiro atoms. The van der Waals surface area contributed by atoms with Crippen molar-refractivity contribution in [2.75, 3.05) is 20.3 Å². The first-order valence-corrected chi connectivity index (χ1v) is 5.80. The van der Waals surface area contributed by atoms with Crippen molar-refractivity contribution in [3.8, 4) is 0 Å². The number of carbonyl (C=O) groups excluding carboxylic acids is 1. The third kappa shape index (κ3) is 4.34. The van der Waals surface area contributed by atoms with Gasteiger partial charge in [0.15, 0.2) is 0 Å². The Hall–Kier alpha value is -1.10. The van der Waals surface area contributed by atoms with Crippen LogP contribution in [0.3, 0.4) is 0 Å². The molecule has 0 fully saturated rings. The van der Waals surface area contributed by atoms with Crippen molar-refractivity contribution in [2.45, 2.75) is 39.7 Å². The van der Waals surface area contributed by atoms with Crippen LogP contribution in [0.4, 0.5) is 0 Å². The molecule has 1 N–H and O–H groups in total. The van der Waals surface area contributed by atoms with Crippen LogP contribution in [0.15, 0.2) is 0 Å². The van der Waals surface area contributed by atoms with Gasteiger partial charge in [0.05, 0.1) is 0 Å². The Morgan fingerprint density at radius 2 is 1.94 bits per heavy atom. The number of hydrogen-bond acceptors (Lipinski definition) is 3. The van der Waals surface area contributed by atoms with Crippen molar-refractivity contribution in [2.24, 2.45) is 5.92 Å². The zero-order chi connectivity index (χ0) is 13.6. The predicted octanol–water partition coefficient (Wildman–Crippen LogP) is 1.37. The molecule has 0 radical (unpaired) electrons. The summed E-state index contributed by atoms with van der Waals surface area (Å²) in [7, 11) is 1.58. The fourth-order valence-corrected chi connectivity index (χ4v) is 1.75. The van der Waals surface area contributed by atoms with E-state index in [9.17, 15) is 9.59 Å². The van der Waals surface area contributed by atoms with Gasteiger partial charge in [-0.05, 0) is 26.7 Å². The molecular formula is C12H23NO4. The van der Waals surface area contributed by atoms with Gasteiger partial charge in [-0.3, -0.25) is 4.79 Å². The lowest BCUT2D eigenvalue weighted by atomic mass is 10.0. The number of hydrogen-bond donors (Lipinski definition) is 1. The fourth-order valence-electron chi connectivity index (χ4n) is 1.75. The summed E-state index contributed by atoms with van der Waals surface area (Å²) in [5.74, 6) is -1.05. The van der Waals surface area contributed by atoms with E-state index in [0.29, 0.717) is 19.6 Å². The Morgan fingerprint density at radius 3 is 2.29 bits per heavy atom. The zero-order valence-electron chi connectivity index (χ0n) is 11.3. The SMILES string of the molecule is CCN(C(=O)CC(C)COC)C(C)(C)C(=O)O. The minimum Gasteiger partial charge on any atom is -0.480 e. The van der Waals surface area contributed by atoms with E-state index in [-0.39, 0.29) is 11.8 Å². The molecule has 0 aromatic heterocycles. The van der Waals surface area contributed by atoms with Crippen LogP contribution in [0.2, 0.25) is 0 Å². The lowest BCUT2D eigenvalue weighted by Crippen LogP contribution is -2.53. The number of carboxylic acids is 1. The summed E-state index contributed by atoms with van der Waals surface area (Å²) in [5, 5.41) is 9.11. The van der Waals surface area contributed by atoms with Gasteiger partial charge in [0, 0.05) is 26.7 Å². The first-order chi connectivity index (χ1) is 7.77. The van der Waals surface area contributed by atoms with Gasteiger partial charge in [0.25, 0.3) is 0 Å². The normalized spacial score (nSPS) is 13.2. The number of carbonyl (C=O) groups is 2. The van der Waals surface area contributed by atoms with Gasteiger partial charge < -0.3 is 14.7 Å². The van der Waals surface area contributed by atoms with Crippen LogP contribution < -0.4 is 0 Å². The molecule has 1 unspecified atom stereocenters. The number of amides is 1. The highest BCUT2D eigenvalue weighted by Gasteiger charge is 2.36. The molecular weight excluding hydrogens is 222 g/mol. The summed E-state index contributed by atoms with van der Waals surface area (Å²) in [4.78, 5) is 24.5. The lowest BCUT2D eigenvalue weighted by Gasteiger charge is -2.34. The predicted molar refractivity (Wildman–Crippen MR) is 64.8 cm³/mol. The van der Waals surface area contributed by atoms with E-state index >= 15 is 0 Å². The Kier molecular flexibility index (Phi) is 6.16. The number of nitrogens with zero attached hydrogens (tertiary/aromatic N) is 1.